The summed E-state index contributed by atoms with van der Waals surface area (Å²) >= 11 is 0. The number of fused-ring (bicyclic) bond motifs is 2. The van der Waals surface area contributed by atoms with Gasteiger partial charge in [0, 0.05) is 22.8 Å². The van der Waals surface area contributed by atoms with Gasteiger partial charge in [0.05, 0.1) is 5.71 Å². The number of nitrogens with zero attached hydrogens (tertiary/aromatic N) is 1. The number of hydrogen-bond donors (Lipinski definition) is 1. The molecule has 4 rings (SSSR count). The van der Waals surface area contributed by atoms with Crippen LogP contribution in [0.5, 0.6) is 0 Å². The average molecular weight is 346 g/mol. The Labute approximate surface area is 153 Å². The van der Waals surface area contributed by atoms with E-state index in [0.29, 0.717) is 11.3 Å². The van der Waals surface area contributed by atoms with E-state index in [1.165, 1.54) is 5.57 Å². The van der Waals surface area contributed by atoms with Crippen molar-refractivity contribution in [1.29, 1.82) is 0 Å². The van der Waals surface area contributed by atoms with E-state index in [4.69, 9.17) is 0 Å². The van der Waals surface area contributed by atoms with E-state index in [0.717, 1.165) is 48.1 Å². The number of amides is 2. The third kappa shape index (κ3) is 2.96. The number of carbonyl (C=O) groups is 2. The zero-order chi connectivity index (χ0) is 18.3. The molecule has 2 aliphatic carbocycles. The molecule has 4 heteroatoms. The Balaban J connectivity index is 1.62. The maximum atomic E-state index is 12.5. The van der Waals surface area contributed by atoms with Gasteiger partial charge in [-0.3, -0.25) is 9.59 Å². The topological polar surface area (TPSA) is 58.5 Å². The maximum Gasteiger partial charge on any atom is 0.277 e. The molecule has 1 aromatic rings. The Kier molecular flexibility index (Phi) is 4.19. The summed E-state index contributed by atoms with van der Waals surface area (Å²) in [7, 11) is 0. The zero-order valence-electron chi connectivity index (χ0n) is 15.1. The monoisotopic (exact) mass is 346 g/mol. The van der Waals surface area contributed by atoms with Crippen LogP contribution in [0, 0.1) is 19.8 Å². The van der Waals surface area contributed by atoms with Crippen LogP contribution in [0.3, 0.4) is 0 Å². The summed E-state index contributed by atoms with van der Waals surface area (Å²) in [6.45, 7) is 4.00. The molecule has 1 N–H and O–H groups in total. The van der Waals surface area contributed by atoms with E-state index in [1.807, 2.05) is 38.1 Å². The molecule has 0 saturated heterocycles. The molecule has 0 bridgehead atoms. The molecular formula is C22H22N2O2. The first kappa shape index (κ1) is 16.7. The Hall–Kier alpha value is -2.75. The Morgan fingerprint density at radius 2 is 1.96 bits per heavy atom. The minimum atomic E-state index is -0.261. The molecule has 0 saturated carbocycles. The molecule has 1 unspecified atom stereocenters. The van der Waals surface area contributed by atoms with Gasteiger partial charge in [-0.1, -0.05) is 12.1 Å². The fourth-order valence-electron chi connectivity index (χ4n) is 3.88. The highest BCUT2D eigenvalue weighted by molar-refractivity contribution is 6.14. The first-order valence-electron chi connectivity index (χ1n) is 9.16. The first-order valence-corrected chi connectivity index (χ1v) is 9.16. The number of carbonyl (C=O) groups excluding carboxylic acids is 2. The van der Waals surface area contributed by atoms with Gasteiger partial charge in [0.1, 0.15) is 0 Å². The van der Waals surface area contributed by atoms with Crippen molar-refractivity contribution in [1.82, 2.24) is 5.32 Å². The van der Waals surface area contributed by atoms with Gasteiger partial charge in [-0.05, 0) is 80.5 Å². The second kappa shape index (κ2) is 6.52. The quantitative estimate of drug-likeness (QED) is 0.837. The van der Waals surface area contributed by atoms with Gasteiger partial charge >= 0.3 is 0 Å². The fourth-order valence-corrected chi connectivity index (χ4v) is 3.88. The number of benzene rings is 1. The first-order chi connectivity index (χ1) is 12.5. The summed E-state index contributed by atoms with van der Waals surface area (Å²) in [6, 6.07) is 5.61. The van der Waals surface area contributed by atoms with Crippen molar-refractivity contribution in [3.05, 3.63) is 70.0 Å². The summed E-state index contributed by atoms with van der Waals surface area (Å²) < 4.78 is 0. The van der Waals surface area contributed by atoms with E-state index in [1.54, 1.807) is 6.07 Å². The molecule has 3 aliphatic rings. The van der Waals surface area contributed by atoms with Crippen LogP contribution in [-0.4, -0.2) is 17.5 Å². The van der Waals surface area contributed by atoms with Crippen molar-refractivity contribution in [2.45, 2.75) is 39.5 Å². The van der Waals surface area contributed by atoms with Crippen molar-refractivity contribution >= 4 is 17.5 Å². The highest BCUT2D eigenvalue weighted by Crippen LogP contribution is 2.38. The van der Waals surface area contributed by atoms with Crippen LogP contribution in [0.4, 0.5) is 0 Å². The Morgan fingerprint density at radius 1 is 1.15 bits per heavy atom. The van der Waals surface area contributed by atoms with Crippen LogP contribution in [0.1, 0.15) is 47.2 Å². The number of allylic oxidation sites excluding steroid dienone is 3. The molecule has 132 valence electrons. The van der Waals surface area contributed by atoms with Crippen molar-refractivity contribution in [2.24, 2.45) is 10.9 Å². The van der Waals surface area contributed by atoms with Crippen LogP contribution in [0.2, 0.25) is 0 Å². The van der Waals surface area contributed by atoms with Crippen LogP contribution < -0.4 is 5.32 Å². The van der Waals surface area contributed by atoms with Gasteiger partial charge < -0.3 is 5.32 Å². The lowest BCUT2D eigenvalue weighted by Gasteiger charge is -2.33. The fraction of sp³-hybridized carbons (Fsp3) is 0.318. The minimum Gasteiger partial charge on any atom is -0.325 e. The normalized spacial score (nSPS) is 23.3. The summed E-state index contributed by atoms with van der Waals surface area (Å²) in [5, 5.41) is 3.00. The average Bonchev–Trinajstić information content (AvgIpc) is 2.64. The van der Waals surface area contributed by atoms with E-state index < -0.39 is 0 Å². The second-order valence-electron chi connectivity index (χ2n) is 7.24. The molecule has 0 aromatic heterocycles. The largest absolute Gasteiger partial charge is 0.325 e. The standard InChI is InChI=1S/C22H22N2O2/c1-13-7-8-15(11-14(13)2)21(25)23-16-9-10-18-17-5-3-4-6-19(17)22(26)24-20(18)12-16/h7-12,18H,3-6H2,1-2H3,(H,24,26). The molecule has 1 atom stereocenters. The number of rotatable bonds is 1. The molecule has 1 heterocycles. The van der Waals surface area contributed by atoms with Crippen LogP contribution in [0.25, 0.3) is 0 Å². The van der Waals surface area contributed by atoms with E-state index in [2.05, 4.69) is 16.4 Å². The van der Waals surface area contributed by atoms with E-state index in [9.17, 15) is 9.59 Å². The van der Waals surface area contributed by atoms with Gasteiger partial charge in [-0.15, -0.1) is 0 Å². The number of nitrogens with one attached hydrogen (secondary N) is 1. The molecule has 1 aromatic carbocycles. The minimum absolute atomic E-state index is 0.0114. The van der Waals surface area contributed by atoms with Gasteiger partial charge in [0.15, 0.2) is 0 Å². The number of aliphatic imine (C=N–C) groups is 1. The van der Waals surface area contributed by atoms with Gasteiger partial charge in [-0.2, -0.15) is 0 Å². The van der Waals surface area contributed by atoms with Crippen molar-refractivity contribution < 1.29 is 9.59 Å². The van der Waals surface area contributed by atoms with Gasteiger partial charge in [0.25, 0.3) is 11.8 Å². The molecule has 1 aliphatic heterocycles. The van der Waals surface area contributed by atoms with Gasteiger partial charge in [-0.25, -0.2) is 4.99 Å². The predicted molar refractivity (Wildman–Crippen MR) is 102 cm³/mol. The highest BCUT2D eigenvalue weighted by atomic mass is 16.2. The van der Waals surface area contributed by atoms with Crippen molar-refractivity contribution in [3.8, 4) is 0 Å². The molecule has 4 nitrogen and oxygen atoms in total. The maximum absolute atomic E-state index is 12.5. The SMILES string of the molecule is Cc1ccc(C(=O)N=C2C=CC3C(=C2)NC(=O)C2=C3CCCC2)cc1C. The lowest BCUT2D eigenvalue weighted by Crippen LogP contribution is -2.37. The Morgan fingerprint density at radius 3 is 2.77 bits per heavy atom. The summed E-state index contributed by atoms with van der Waals surface area (Å²) in [4.78, 5) is 29.1. The van der Waals surface area contributed by atoms with Gasteiger partial charge in [0.2, 0.25) is 0 Å². The van der Waals surface area contributed by atoms with Crippen molar-refractivity contribution in [3.63, 3.8) is 0 Å². The molecule has 0 fully saturated rings. The number of aryl methyl sites for hydroxylation is 2. The molecule has 2 amide bonds. The predicted octanol–water partition coefficient (Wildman–Crippen LogP) is 3.95. The lowest BCUT2D eigenvalue weighted by molar-refractivity contribution is -0.117. The molecule has 0 radical (unpaired) electrons. The molecule has 0 spiro atoms. The molecular weight excluding hydrogens is 324 g/mol. The van der Waals surface area contributed by atoms with E-state index >= 15 is 0 Å². The summed E-state index contributed by atoms with van der Waals surface area (Å²) in [6.07, 6.45) is 9.84. The number of hydrogen-bond acceptors (Lipinski definition) is 2. The van der Waals surface area contributed by atoms with Crippen LogP contribution in [-0.2, 0) is 4.79 Å². The third-order valence-electron chi connectivity index (χ3n) is 5.50. The van der Waals surface area contributed by atoms with E-state index in [-0.39, 0.29) is 17.7 Å². The van der Waals surface area contributed by atoms with Crippen molar-refractivity contribution in [2.75, 3.05) is 0 Å². The highest BCUT2D eigenvalue weighted by Gasteiger charge is 2.33. The summed E-state index contributed by atoms with van der Waals surface area (Å²) in [5.41, 5.74) is 6.42. The van der Waals surface area contributed by atoms with Crippen LogP contribution >= 0.6 is 0 Å². The lowest BCUT2D eigenvalue weighted by atomic mass is 9.77. The zero-order valence-corrected chi connectivity index (χ0v) is 15.1. The Bertz CT molecular complexity index is 931. The van der Waals surface area contributed by atoms with Crippen LogP contribution in [0.15, 0.2) is 58.3 Å². The molecule has 26 heavy (non-hydrogen) atoms. The summed E-state index contributed by atoms with van der Waals surface area (Å²) in [5.74, 6) is -0.126. The smallest absolute Gasteiger partial charge is 0.277 e. The second-order valence-corrected chi connectivity index (χ2v) is 7.24. The third-order valence-corrected chi connectivity index (χ3v) is 5.50.